The molecule has 0 spiro atoms. The van der Waals surface area contributed by atoms with E-state index in [0.717, 1.165) is 60.9 Å². The van der Waals surface area contributed by atoms with E-state index in [2.05, 4.69) is 20.2 Å². The number of carbonyl (C=O) groups is 1. The molecule has 0 radical (unpaired) electrons. The van der Waals surface area contributed by atoms with E-state index in [1.54, 1.807) is 17.5 Å². The number of carbonyl (C=O) groups excluding carboxylic acids is 1. The second-order valence-corrected chi connectivity index (χ2v) is 7.42. The van der Waals surface area contributed by atoms with Crippen molar-refractivity contribution in [2.24, 2.45) is 5.92 Å². The second-order valence-electron chi connectivity index (χ2n) is 6.47. The number of ether oxygens (including phenoxy) is 1. The fraction of sp³-hybridized carbons (Fsp3) is 0.588. The molecule has 1 amide bonds. The predicted molar refractivity (Wildman–Crippen MR) is 94.3 cm³/mol. The van der Waals surface area contributed by atoms with Gasteiger partial charge in [0.1, 0.15) is 10.3 Å². The molecule has 2 aliphatic heterocycles. The Morgan fingerprint density at radius 2 is 2.25 bits per heavy atom. The van der Waals surface area contributed by atoms with Crippen LogP contribution in [-0.4, -0.2) is 48.2 Å². The van der Waals surface area contributed by atoms with Crippen LogP contribution in [0.2, 0.25) is 0 Å². The Balaban J connectivity index is 1.30. The van der Waals surface area contributed by atoms with Crippen LogP contribution in [0.3, 0.4) is 0 Å². The summed E-state index contributed by atoms with van der Waals surface area (Å²) in [6.07, 6.45) is 5.93. The summed E-state index contributed by atoms with van der Waals surface area (Å²) in [6.45, 7) is 3.23. The Labute approximate surface area is 145 Å². The van der Waals surface area contributed by atoms with E-state index in [9.17, 15) is 4.79 Å². The molecule has 4 rings (SSSR count). The Morgan fingerprint density at radius 3 is 3.00 bits per heavy atom. The Bertz CT molecular complexity index is 672. The van der Waals surface area contributed by atoms with Gasteiger partial charge in [-0.25, -0.2) is 9.97 Å². The number of nitrogens with zero attached hydrogens (tertiary/aromatic N) is 3. The molecule has 2 saturated heterocycles. The molecular formula is C17H22N4O2S. The van der Waals surface area contributed by atoms with Crippen LogP contribution in [0.25, 0.3) is 10.3 Å². The van der Waals surface area contributed by atoms with Crippen LogP contribution in [0, 0.1) is 5.92 Å². The maximum atomic E-state index is 12.3. The molecule has 0 saturated carbocycles. The number of aromatic nitrogens is 2. The molecule has 6 nitrogen and oxygen atoms in total. The van der Waals surface area contributed by atoms with Gasteiger partial charge in [-0.2, -0.15) is 0 Å². The topological polar surface area (TPSA) is 67.3 Å². The van der Waals surface area contributed by atoms with Gasteiger partial charge in [-0.05, 0) is 37.8 Å². The van der Waals surface area contributed by atoms with E-state index >= 15 is 0 Å². The number of fused-ring (bicyclic) bond motifs is 1. The molecule has 0 aliphatic carbocycles. The van der Waals surface area contributed by atoms with Crippen molar-refractivity contribution < 1.29 is 9.53 Å². The molecule has 1 atom stereocenters. The molecule has 0 aromatic carbocycles. The molecule has 24 heavy (non-hydrogen) atoms. The Morgan fingerprint density at radius 1 is 1.38 bits per heavy atom. The molecule has 128 valence electrons. The highest BCUT2D eigenvalue weighted by atomic mass is 32.1. The van der Waals surface area contributed by atoms with Gasteiger partial charge in [0, 0.05) is 38.4 Å². The number of pyridine rings is 1. The van der Waals surface area contributed by atoms with Gasteiger partial charge in [0.15, 0.2) is 5.13 Å². The number of amides is 1. The number of anilines is 1. The van der Waals surface area contributed by atoms with Gasteiger partial charge in [-0.15, -0.1) is 0 Å². The lowest BCUT2D eigenvalue weighted by Gasteiger charge is -2.31. The molecule has 0 bridgehead atoms. The zero-order valence-corrected chi connectivity index (χ0v) is 14.4. The smallest absolute Gasteiger partial charge is 0.223 e. The minimum Gasteiger partial charge on any atom is -0.376 e. The lowest BCUT2D eigenvalue weighted by Crippen LogP contribution is -2.42. The van der Waals surface area contributed by atoms with Gasteiger partial charge in [0.25, 0.3) is 0 Å². The maximum Gasteiger partial charge on any atom is 0.223 e. The number of thiazole rings is 1. The van der Waals surface area contributed by atoms with Crippen molar-refractivity contribution in [3.8, 4) is 0 Å². The third-order valence-electron chi connectivity index (χ3n) is 4.82. The summed E-state index contributed by atoms with van der Waals surface area (Å²) in [7, 11) is 0. The normalized spacial score (nSPS) is 22.2. The van der Waals surface area contributed by atoms with E-state index in [0.29, 0.717) is 6.54 Å². The summed E-state index contributed by atoms with van der Waals surface area (Å²) in [5.74, 6) is 0.284. The standard InChI is InChI=1S/C17H22N4O2S/c22-15(19-11-13-3-2-10-23-13)12-5-8-21(9-6-12)17-20-14-4-1-7-18-16(14)24-17/h1,4,7,12-13H,2-3,5-6,8-11H2,(H,19,22)/t13-/m1/s1. The fourth-order valence-electron chi connectivity index (χ4n) is 3.39. The zero-order chi connectivity index (χ0) is 16.4. The zero-order valence-electron chi connectivity index (χ0n) is 13.6. The molecule has 2 aliphatic rings. The van der Waals surface area contributed by atoms with Crippen LogP contribution in [0.1, 0.15) is 25.7 Å². The number of hydrogen-bond acceptors (Lipinski definition) is 6. The third-order valence-corrected chi connectivity index (χ3v) is 5.86. The van der Waals surface area contributed by atoms with E-state index in [1.165, 1.54) is 0 Å². The van der Waals surface area contributed by atoms with Gasteiger partial charge in [0.2, 0.25) is 5.91 Å². The molecule has 0 unspecified atom stereocenters. The first-order valence-corrected chi connectivity index (χ1v) is 9.47. The highest BCUT2D eigenvalue weighted by Gasteiger charge is 2.27. The minimum atomic E-state index is 0.107. The summed E-state index contributed by atoms with van der Waals surface area (Å²) >= 11 is 1.63. The van der Waals surface area contributed by atoms with Crippen molar-refractivity contribution in [3.05, 3.63) is 18.3 Å². The molecule has 4 heterocycles. The Kier molecular flexibility index (Phi) is 4.62. The van der Waals surface area contributed by atoms with E-state index < -0.39 is 0 Å². The van der Waals surface area contributed by atoms with Crippen molar-refractivity contribution in [3.63, 3.8) is 0 Å². The first kappa shape index (κ1) is 15.8. The summed E-state index contributed by atoms with van der Waals surface area (Å²) < 4.78 is 5.56. The highest BCUT2D eigenvalue weighted by Crippen LogP contribution is 2.30. The minimum absolute atomic E-state index is 0.107. The molecule has 2 aromatic heterocycles. The number of piperidine rings is 1. The molecular weight excluding hydrogens is 324 g/mol. The van der Waals surface area contributed by atoms with Gasteiger partial charge in [0.05, 0.1) is 6.10 Å². The SMILES string of the molecule is O=C(NC[C@H]1CCCO1)C1CCN(c2nc3cccnc3s2)CC1. The fourth-order valence-corrected chi connectivity index (χ4v) is 4.35. The monoisotopic (exact) mass is 346 g/mol. The largest absolute Gasteiger partial charge is 0.376 e. The van der Waals surface area contributed by atoms with Crippen molar-refractivity contribution in [1.82, 2.24) is 15.3 Å². The Hall–Kier alpha value is -1.73. The summed E-state index contributed by atoms with van der Waals surface area (Å²) in [6, 6.07) is 3.91. The van der Waals surface area contributed by atoms with Crippen LogP contribution >= 0.6 is 11.3 Å². The van der Waals surface area contributed by atoms with Crippen LogP contribution in [0.4, 0.5) is 5.13 Å². The second kappa shape index (κ2) is 7.03. The van der Waals surface area contributed by atoms with E-state index in [-0.39, 0.29) is 17.9 Å². The number of hydrogen-bond donors (Lipinski definition) is 1. The predicted octanol–water partition coefficient (Wildman–Crippen LogP) is 2.20. The maximum absolute atomic E-state index is 12.3. The van der Waals surface area contributed by atoms with E-state index in [1.807, 2.05) is 12.1 Å². The average Bonchev–Trinajstić information content (AvgIpc) is 3.29. The molecule has 1 N–H and O–H groups in total. The molecule has 7 heteroatoms. The van der Waals surface area contributed by atoms with Gasteiger partial charge >= 0.3 is 0 Å². The van der Waals surface area contributed by atoms with Gasteiger partial charge < -0.3 is 15.0 Å². The highest BCUT2D eigenvalue weighted by molar-refractivity contribution is 7.21. The first-order chi connectivity index (χ1) is 11.8. The average molecular weight is 346 g/mol. The molecule has 2 fully saturated rings. The van der Waals surface area contributed by atoms with E-state index in [4.69, 9.17) is 4.74 Å². The number of nitrogens with one attached hydrogen (secondary N) is 1. The quantitative estimate of drug-likeness (QED) is 0.919. The van der Waals surface area contributed by atoms with Crippen molar-refractivity contribution in [1.29, 1.82) is 0 Å². The van der Waals surface area contributed by atoms with Crippen molar-refractivity contribution >= 4 is 32.7 Å². The molecule has 2 aromatic rings. The van der Waals surface area contributed by atoms with Crippen molar-refractivity contribution in [2.45, 2.75) is 31.8 Å². The summed E-state index contributed by atoms with van der Waals surface area (Å²) in [5.41, 5.74) is 0.953. The summed E-state index contributed by atoms with van der Waals surface area (Å²) in [5, 5.41) is 4.08. The van der Waals surface area contributed by atoms with Crippen LogP contribution in [0.15, 0.2) is 18.3 Å². The van der Waals surface area contributed by atoms with Crippen LogP contribution in [0.5, 0.6) is 0 Å². The van der Waals surface area contributed by atoms with Crippen LogP contribution < -0.4 is 10.2 Å². The lowest BCUT2D eigenvalue weighted by molar-refractivity contribution is -0.126. The third kappa shape index (κ3) is 3.37. The summed E-state index contributed by atoms with van der Waals surface area (Å²) in [4.78, 5) is 24.6. The van der Waals surface area contributed by atoms with Crippen LogP contribution in [-0.2, 0) is 9.53 Å². The van der Waals surface area contributed by atoms with Crippen molar-refractivity contribution in [2.75, 3.05) is 31.1 Å². The van der Waals surface area contributed by atoms with Gasteiger partial charge in [-0.1, -0.05) is 11.3 Å². The first-order valence-electron chi connectivity index (χ1n) is 8.65. The number of rotatable bonds is 4. The lowest BCUT2D eigenvalue weighted by atomic mass is 9.96. The van der Waals surface area contributed by atoms with Gasteiger partial charge in [-0.3, -0.25) is 4.79 Å².